The van der Waals surface area contributed by atoms with E-state index in [0.29, 0.717) is 17.1 Å². The summed E-state index contributed by atoms with van der Waals surface area (Å²) in [5.41, 5.74) is 1.58. The maximum Gasteiger partial charge on any atom is 1.00 e. The zero-order valence-corrected chi connectivity index (χ0v) is 20.5. The summed E-state index contributed by atoms with van der Waals surface area (Å²) in [7, 11) is 1.46. The summed E-state index contributed by atoms with van der Waals surface area (Å²) in [5, 5.41) is 16.0. The number of nitrogens with one attached hydrogen (secondary N) is 2. The Bertz CT molecular complexity index is 1050. The third-order valence-electron chi connectivity index (χ3n) is 4.83. The van der Waals surface area contributed by atoms with E-state index in [2.05, 4.69) is 10.6 Å². The number of rotatable bonds is 7. The molecule has 1 heterocycles. The Kier molecular flexibility index (Phi) is 9.22. The molecule has 1 aliphatic rings. The number of ether oxygens (including phenoxy) is 1. The summed E-state index contributed by atoms with van der Waals surface area (Å²) >= 11 is 0. The molecular formula is C23H22N3NaO6. The van der Waals surface area contributed by atoms with Crippen LogP contribution in [0.4, 0.5) is 4.79 Å². The molecule has 0 radical (unpaired) electrons. The molecule has 0 saturated carbocycles. The van der Waals surface area contributed by atoms with Gasteiger partial charge in [0.25, 0.3) is 5.91 Å². The molecule has 0 bridgehead atoms. The average Bonchev–Trinajstić information content (AvgIpc) is 2.75. The third kappa shape index (κ3) is 7.18. The molecule has 33 heavy (non-hydrogen) atoms. The first-order valence-electron chi connectivity index (χ1n) is 9.83. The molecule has 2 atom stereocenters. The number of amides is 3. The number of carboxylic acids is 1. The summed E-state index contributed by atoms with van der Waals surface area (Å²) in [6.45, 7) is 1.97. The number of hydrogen-bond donors (Lipinski definition) is 2. The molecule has 2 aromatic carbocycles. The molecule has 10 heteroatoms. The number of carboxylic acid groups (broad SMARTS) is 1. The second-order valence-corrected chi connectivity index (χ2v) is 7.33. The van der Waals surface area contributed by atoms with E-state index in [4.69, 9.17) is 4.74 Å². The SMILES string of the molecule is Cc1ccc(Oc2ccc([C@H](CC(=O)[O-])NC(=O)NC3C(=O)C=CN(C)C3=O)cc2)cc1.[Na+]. The standard InChI is InChI=1S/C23H23N3O6.Na/c1-14-3-7-16(8-4-14)32-17-9-5-15(6-10-17)18(13-20(28)29)24-23(31)25-21-19(27)11-12-26(2)22(21)30;/h3-12,18,21H,13H2,1-2H3,(H,28,29)(H2,24,25,31);/q;+1/p-1/t18-,21?;/m0./s1. The molecule has 3 amide bonds. The van der Waals surface area contributed by atoms with Gasteiger partial charge in [0.15, 0.2) is 11.8 Å². The second kappa shape index (κ2) is 11.6. The van der Waals surface area contributed by atoms with Gasteiger partial charge < -0.3 is 30.2 Å². The fraction of sp³-hybridized carbons (Fsp3) is 0.217. The predicted octanol–water partition coefficient (Wildman–Crippen LogP) is -1.80. The van der Waals surface area contributed by atoms with E-state index in [1.165, 1.54) is 24.2 Å². The van der Waals surface area contributed by atoms with Gasteiger partial charge in [-0.2, -0.15) is 0 Å². The van der Waals surface area contributed by atoms with Crippen molar-refractivity contribution >= 4 is 23.7 Å². The van der Waals surface area contributed by atoms with Crippen LogP contribution in [-0.2, 0) is 14.4 Å². The second-order valence-electron chi connectivity index (χ2n) is 7.33. The number of likely N-dealkylation sites (N-methyl/N-ethyl adjacent to an activating group) is 1. The molecule has 2 N–H and O–H groups in total. The number of benzene rings is 2. The smallest absolute Gasteiger partial charge is 0.550 e. The van der Waals surface area contributed by atoms with Gasteiger partial charge in [-0.05, 0) is 36.8 Å². The quantitative estimate of drug-likeness (QED) is 0.371. The molecule has 0 aromatic heterocycles. The van der Waals surface area contributed by atoms with Crippen LogP contribution >= 0.6 is 0 Å². The van der Waals surface area contributed by atoms with Gasteiger partial charge in [-0.3, -0.25) is 9.59 Å². The number of hydrogen-bond acceptors (Lipinski definition) is 6. The van der Waals surface area contributed by atoms with Crippen LogP contribution in [0, 0.1) is 6.92 Å². The van der Waals surface area contributed by atoms with Crippen molar-refractivity contribution in [3.05, 3.63) is 71.9 Å². The normalized spacial score (nSPS) is 15.9. The average molecular weight is 459 g/mol. The Labute approximate surface area is 213 Å². The number of carbonyl (C=O) groups is 4. The molecule has 0 saturated heterocycles. The van der Waals surface area contributed by atoms with Crippen molar-refractivity contribution in [2.24, 2.45) is 0 Å². The summed E-state index contributed by atoms with van der Waals surface area (Å²) in [4.78, 5) is 48.8. The van der Waals surface area contributed by atoms with Gasteiger partial charge in [-0.15, -0.1) is 0 Å². The molecule has 9 nitrogen and oxygen atoms in total. The predicted molar refractivity (Wildman–Crippen MR) is 112 cm³/mol. The van der Waals surface area contributed by atoms with Gasteiger partial charge >= 0.3 is 35.6 Å². The minimum atomic E-state index is -1.38. The molecule has 1 unspecified atom stereocenters. The van der Waals surface area contributed by atoms with E-state index in [9.17, 15) is 24.3 Å². The molecule has 1 aliphatic heterocycles. The largest absolute Gasteiger partial charge is 1.00 e. The monoisotopic (exact) mass is 459 g/mol. The van der Waals surface area contributed by atoms with E-state index in [-0.39, 0.29) is 29.6 Å². The van der Waals surface area contributed by atoms with Crippen molar-refractivity contribution in [1.29, 1.82) is 0 Å². The van der Waals surface area contributed by atoms with Crippen LogP contribution in [0.2, 0.25) is 0 Å². The van der Waals surface area contributed by atoms with E-state index < -0.39 is 42.2 Å². The Morgan fingerprint density at radius 3 is 2.21 bits per heavy atom. The minimum Gasteiger partial charge on any atom is -0.550 e. The van der Waals surface area contributed by atoms with Crippen molar-refractivity contribution in [2.45, 2.75) is 25.4 Å². The van der Waals surface area contributed by atoms with Crippen LogP contribution < -0.4 is 50.0 Å². The first kappa shape index (κ1) is 26.1. The van der Waals surface area contributed by atoms with Crippen LogP contribution in [0.1, 0.15) is 23.6 Å². The zero-order valence-electron chi connectivity index (χ0n) is 18.5. The Morgan fingerprint density at radius 2 is 1.64 bits per heavy atom. The maximum absolute atomic E-state index is 12.4. The van der Waals surface area contributed by atoms with Crippen molar-refractivity contribution in [2.75, 3.05) is 7.05 Å². The molecule has 3 rings (SSSR count). The summed E-state index contributed by atoms with van der Waals surface area (Å²) in [6, 6.07) is 10.8. The first-order chi connectivity index (χ1) is 15.2. The van der Waals surface area contributed by atoms with Crippen LogP contribution in [0.15, 0.2) is 60.8 Å². The van der Waals surface area contributed by atoms with Crippen LogP contribution in [0.25, 0.3) is 0 Å². The fourth-order valence-electron chi connectivity index (χ4n) is 3.07. The van der Waals surface area contributed by atoms with Crippen LogP contribution in [0.5, 0.6) is 11.5 Å². The maximum atomic E-state index is 12.4. The molecule has 0 fully saturated rings. The van der Waals surface area contributed by atoms with Gasteiger partial charge in [0.05, 0.1) is 6.04 Å². The zero-order chi connectivity index (χ0) is 23.3. The molecule has 0 aliphatic carbocycles. The number of nitrogens with zero attached hydrogens (tertiary/aromatic N) is 1. The van der Waals surface area contributed by atoms with Crippen molar-refractivity contribution in [3.8, 4) is 11.5 Å². The molecular weight excluding hydrogens is 437 g/mol. The van der Waals surface area contributed by atoms with Gasteiger partial charge in [-0.1, -0.05) is 29.8 Å². The fourth-order valence-corrected chi connectivity index (χ4v) is 3.07. The van der Waals surface area contributed by atoms with Crippen molar-refractivity contribution in [3.63, 3.8) is 0 Å². The third-order valence-corrected chi connectivity index (χ3v) is 4.83. The topological polar surface area (TPSA) is 128 Å². The van der Waals surface area contributed by atoms with Crippen LogP contribution in [-0.4, -0.2) is 41.7 Å². The van der Waals surface area contributed by atoms with E-state index in [1.54, 1.807) is 24.3 Å². The Balaban J connectivity index is 0.00000385. The molecule has 166 valence electrons. The summed E-state index contributed by atoms with van der Waals surface area (Å²) in [5.74, 6) is -1.36. The van der Waals surface area contributed by atoms with Crippen molar-refractivity contribution < 1.29 is 58.6 Å². The molecule has 0 spiro atoms. The van der Waals surface area contributed by atoms with Gasteiger partial charge in [0, 0.05) is 31.7 Å². The van der Waals surface area contributed by atoms with Gasteiger partial charge in [-0.25, -0.2) is 4.79 Å². The van der Waals surface area contributed by atoms with E-state index >= 15 is 0 Å². The Hall–Kier alpha value is -3.14. The number of aliphatic carboxylic acids is 1. The first-order valence-corrected chi connectivity index (χ1v) is 9.83. The van der Waals surface area contributed by atoms with E-state index in [1.807, 2.05) is 31.2 Å². The number of aryl methyl sites for hydroxylation is 1. The van der Waals surface area contributed by atoms with Crippen molar-refractivity contribution in [1.82, 2.24) is 15.5 Å². The number of carbonyl (C=O) groups excluding carboxylic acids is 4. The molecule has 2 aromatic rings. The summed E-state index contributed by atoms with van der Waals surface area (Å²) < 4.78 is 5.75. The summed E-state index contributed by atoms with van der Waals surface area (Å²) in [6.07, 6.45) is 1.98. The number of urea groups is 1. The minimum absolute atomic E-state index is 0. The van der Waals surface area contributed by atoms with E-state index in [0.717, 1.165) is 5.56 Å². The van der Waals surface area contributed by atoms with Gasteiger partial charge in [0.2, 0.25) is 0 Å². The van der Waals surface area contributed by atoms with Gasteiger partial charge in [0.1, 0.15) is 11.5 Å². The Morgan fingerprint density at radius 1 is 1.06 bits per heavy atom. The van der Waals surface area contributed by atoms with Crippen LogP contribution in [0.3, 0.4) is 0 Å². The number of ketones is 1.